The number of hydrogen-bond donors (Lipinski definition) is 2. The van der Waals surface area contributed by atoms with E-state index in [-0.39, 0.29) is 22.3 Å². The number of aromatic hydroxyl groups is 2. The van der Waals surface area contributed by atoms with Crippen LogP contribution < -0.4 is 5.43 Å². The average molecular weight is 256 g/mol. The lowest BCUT2D eigenvalue weighted by Crippen LogP contribution is -2.04. The van der Waals surface area contributed by atoms with Gasteiger partial charge in [-0.05, 0) is 43.2 Å². The van der Waals surface area contributed by atoms with Crippen molar-refractivity contribution in [2.45, 2.75) is 13.8 Å². The molecular weight excluding hydrogens is 244 g/mol. The molecule has 4 heteroatoms. The minimum Gasteiger partial charge on any atom is -0.508 e. The second kappa shape index (κ2) is 3.75. The van der Waals surface area contributed by atoms with Crippen molar-refractivity contribution < 1.29 is 14.6 Å². The Morgan fingerprint density at radius 3 is 2.37 bits per heavy atom. The molecule has 0 atom stereocenters. The van der Waals surface area contributed by atoms with Crippen molar-refractivity contribution in [3.8, 4) is 11.5 Å². The molecule has 19 heavy (non-hydrogen) atoms. The van der Waals surface area contributed by atoms with Gasteiger partial charge in [-0.25, -0.2) is 0 Å². The van der Waals surface area contributed by atoms with Gasteiger partial charge in [-0.2, -0.15) is 0 Å². The van der Waals surface area contributed by atoms with Crippen LogP contribution in [-0.2, 0) is 0 Å². The van der Waals surface area contributed by atoms with Crippen LogP contribution in [0.15, 0.2) is 33.5 Å². The maximum absolute atomic E-state index is 12.5. The molecule has 2 N–H and O–H groups in total. The molecule has 2 aromatic carbocycles. The highest BCUT2D eigenvalue weighted by molar-refractivity contribution is 5.95. The largest absolute Gasteiger partial charge is 0.508 e. The molecule has 0 unspecified atom stereocenters. The smallest absolute Gasteiger partial charge is 0.204 e. The number of phenols is 2. The maximum Gasteiger partial charge on any atom is 0.204 e. The second-order valence-electron chi connectivity index (χ2n) is 4.72. The van der Waals surface area contributed by atoms with Gasteiger partial charge in [0.1, 0.15) is 28.1 Å². The van der Waals surface area contributed by atoms with Gasteiger partial charge >= 0.3 is 0 Å². The summed E-state index contributed by atoms with van der Waals surface area (Å²) < 4.78 is 5.63. The normalized spacial score (nSPS) is 11.3. The summed E-state index contributed by atoms with van der Waals surface area (Å²) >= 11 is 0. The van der Waals surface area contributed by atoms with E-state index in [1.807, 2.05) is 0 Å². The Labute approximate surface area is 108 Å². The molecule has 0 aliphatic heterocycles. The fraction of sp³-hybridized carbons (Fsp3) is 0.133. The quantitative estimate of drug-likeness (QED) is 0.606. The highest BCUT2D eigenvalue weighted by Gasteiger charge is 2.14. The summed E-state index contributed by atoms with van der Waals surface area (Å²) in [6.07, 6.45) is 0. The van der Waals surface area contributed by atoms with Crippen molar-refractivity contribution in [3.63, 3.8) is 0 Å². The fourth-order valence-electron chi connectivity index (χ4n) is 2.39. The van der Waals surface area contributed by atoms with Crippen LogP contribution in [-0.4, -0.2) is 10.2 Å². The molecule has 0 fully saturated rings. The van der Waals surface area contributed by atoms with Gasteiger partial charge in [-0.15, -0.1) is 0 Å². The van der Waals surface area contributed by atoms with Crippen LogP contribution in [0.2, 0.25) is 0 Å². The third kappa shape index (κ3) is 1.64. The molecule has 4 nitrogen and oxygen atoms in total. The Hall–Kier alpha value is -2.49. The van der Waals surface area contributed by atoms with E-state index in [2.05, 4.69) is 0 Å². The van der Waals surface area contributed by atoms with Gasteiger partial charge < -0.3 is 14.6 Å². The van der Waals surface area contributed by atoms with Gasteiger partial charge in [-0.1, -0.05) is 0 Å². The number of aryl methyl sites for hydroxylation is 2. The molecule has 3 rings (SSSR count). The van der Waals surface area contributed by atoms with E-state index in [0.717, 1.165) is 5.56 Å². The second-order valence-corrected chi connectivity index (χ2v) is 4.72. The Kier molecular flexibility index (Phi) is 2.29. The van der Waals surface area contributed by atoms with Crippen LogP contribution in [0.3, 0.4) is 0 Å². The van der Waals surface area contributed by atoms with Crippen LogP contribution in [0.25, 0.3) is 21.9 Å². The van der Waals surface area contributed by atoms with Gasteiger partial charge in [0.2, 0.25) is 5.43 Å². The van der Waals surface area contributed by atoms with Crippen molar-refractivity contribution in [2.24, 2.45) is 0 Å². The molecule has 3 aromatic rings. The predicted octanol–water partition coefficient (Wildman–Crippen LogP) is 2.97. The zero-order chi connectivity index (χ0) is 13.7. The molecule has 1 heterocycles. The SMILES string of the molecule is Cc1cc(O)c2c(=O)c3c(C)cc(O)cc3oc2c1. The van der Waals surface area contributed by atoms with Crippen LogP contribution in [0.1, 0.15) is 11.1 Å². The highest BCUT2D eigenvalue weighted by Crippen LogP contribution is 2.29. The first-order valence-electron chi connectivity index (χ1n) is 5.87. The lowest BCUT2D eigenvalue weighted by atomic mass is 10.1. The molecule has 0 amide bonds. The van der Waals surface area contributed by atoms with Crippen molar-refractivity contribution in [2.75, 3.05) is 0 Å². The van der Waals surface area contributed by atoms with Crippen molar-refractivity contribution in [3.05, 3.63) is 45.6 Å². The Bertz CT molecular complexity index is 806. The van der Waals surface area contributed by atoms with Crippen molar-refractivity contribution in [1.29, 1.82) is 0 Å². The summed E-state index contributed by atoms with van der Waals surface area (Å²) in [5.41, 5.74) is 1.77. The Morgan fingerprint density at radius 2 is 1.63 bits per heavy atom. The zero-order valence-electron chi connectivity index (χ0n) is 10.5. The van der Waals surface area contributed by atoms with E-state index in [9.17, 15) is 15.0 Å². The number of rotatable bonds is 0. The summed E-state index contributed by atoms with van der Waals surface area (Å²) in [6, 6.07) is 6.12. The molecule has 1 aromatic heterocycles. The topological polar surface area (TPSA) is 70.7 Å². The summed E-state index contributed by atoms with van der Waals surface area (Å²) in [7, 11) is 0. The van der Waals surface area contributed by atoms with E-state index >= 15 is 0 Å². The van der Waals surface area contributed by atoms with Crippen molar-refractivity contribution >= 4 is 21.9 Å². The molecule has 0 aliphatic rings. The van der Waals surface area contributed by atoms with Gasteiger partial charge in [0.25, 0.3) is 0 Å². The molecule has 0 radical (unpaired) electrons. The molecule has 0 saturated heterocycles. The standard InChI is InChI=1S/C15H12O4/c1-7-3-10(17)14-11(4-7)19-12-6-9(16)5-8(2)13(12)15(14)18/h3-6,16-17H,1-2H3. The third-order valence-electron chi connectivity index (χ3n) is 3.18. The van der Waals surface area contributed by atoms with Crippen molar-refractivity contribution in [1.82, 2.24) is 0 Å². The average Bonchev–Trinajstić information content (AvgIpc) is 2.25. The molecule has 0 bridgehead atoms. The van der Waals surface area contributed by atoms with E-state index < -0.39 is 0 Å². The Morgan fingerprint density at radius 1 is 0.947 bits per heavy atom. The van der Waals surface area contributed by atoms with Gasteiger partial charge in [0.15, 0.2) is 0 Å². The number of benzene rings is 2. The predicted molar refractivity (Wildman–Crippen MR) is 72.8 cm³/mol. The molecule has 0 spiro atoms. The molecular formula is C15H12O4. The summed E-state index contributed by atoms with van der Waals surface area (Å²) in [5, 5.41) is 20.1. The first-order chi connectivity index (χ1) is 8.97. The zero-order valence-corrected chi connectivity index (χ0v) is 10.5. The highest BCUT2D eigenvalue weighted by atomic mass is 16.3. The summed E-state index contributed by atoms with van der Waals surface area (Å²) in [6.45, 7) is 3.52. The number of fused-ring (bicyclic) bond motifs is 2. The third-order valence-corrected chi connectivity index (χ3v) is 3.18. The van der Waals surface area contributed by atoms with Crippen LogP contribution in [0.4, 0.5) is 0 Å². The van der Waals surface area contributed by atoms with E-state index in [1.165, 1.54) is 18.2 Å². The monoisotopic (exact) mass is 256 g/mol. The van der Waals surface area contributed by atoms with Gasteiger partial charge in [0.05, 0.1) is 5.39 Å². The molecule has 0 aliphatic carbocycles. The van der Waals surface area contributed by atoms with Gasteiger partial charge in [0, 0.05) is 6.07 Å². The van der Waals surface area contributed by atoms with Crippen LogP contribution in [0.5, 0.6) is 11.5 Å². The van der Waals surface area contributed by atoms with Crippen LogP contribution >= 0.6 is 0 Å². The lowest BCUT2D eigenvalue weighted by molar-refractivity contribution is 0.474. The van der Waals surface area contributed by atoms with Gasteiger partial charge in [-0.3, -0.25) is 4.79 Å². The number of hydrogen-bond acceptors (Lipinski definition) is 4. The van der Waals surface area contributed by atoms with E-state index in [1.54, 1.807) is 19.9 Å². The van der Waals surface area contributed by atoms with Crippen LogP contribution in [0, 0.1) is 13.8 Å². The van der Waals surface area contributed by atoms with E-state index in [4.69, 9.17) is 4.42 Å². The van der Waals surface area contributed by atoms with E-state index in [0.29, 0.717) is 22.1 Å². The Balaban J connectivity index is 2.64. The molecule has 96 valence electrons. The maximum atomic E-state index is 12.5. The number of phenolic OH excluding ortho intramolecular Hbond substituents is 2. The lowest BCUT2D eigenvalue weighted by Gasteiger charge is -2.06. The fourth-order valence-corrected chi connectivity index (χ4v) is 2.39. The summed E-state index contributed by atoms with van der Waals surface area (Å²) in [5.74, 6) is -0.0394. The first-order valence-corrected chi connectivity index (χ1v) is 5.87. The summed E-state index contributed by atoms with van der Waals surface area (Å²) in [4.78, 5) is 12.5. The minimum atomic E-state index is -0.286. The molecule has 0 saturated carbocycles. The first kappa shape index (κ1) is 11.6. The minimum absolute atomic E-state index is 0.0457.